The Bertz CT molecular complexity index is 1050. The van der Waals surface area contributed by atoms with Gasteiger partial charge in [-0.3, -0.25) is 4.79 Å². The van der Waals surface area contributed by atoms with Crippen LogP contribution in [0.15, 0.2) is 53.4 Å². The molecule has 7 heteroatoms. The number of rotatable bonds is 4. The van der Waals surface area contributed by atoms with Crippen LogP contribution in [0.1, 0.15) is 35.7 Å². The predicted octanol–water partition coefficient (Wildman–Crippen LogP) is 3.38. The summed E-state index contributed by atoms with van der Waals surface area (Å²) in [4.78, 5) is 17.5. The molecule has 31 heavy (non-hydrogen) atoms. The van der Waals surface area contributed by atoms with Crippen molar-refractivity contribution in [3.05, 3.63) is 59.7 Å². The predicted molar refractivity (Wildman–Crippen MR) is 123 cm³/mol. The van der Waals surface area contributed by atoms with Crippen LogP contribution >= 0.6 is 0 Å². The molecule has 166 valence electrons. The highest BCUT2D eigenvalue weighted by Crippen LogP contribution is 2.25. The Morgan fingerprint density at radius 2 is 1.71 bits per heavy atom. The van der Waals surface area contributed by atoms with E-state index in [0.29, 0.717) is 37.7 Å². The van der Waals surface area contributed by atoms with Gasteiger partial charge in [-0.25, -0.2) is 8.42 Å². The number of anilines is 1. The largest absolute Gasteiger partial charge is 0.368 e. The first-order valence-corrected chi connectivity index (χ1v) is 12.5. The number of carbonyl (C=O) groups excluding carboxylic acids is 1. The number of benzene rings is 2. The van der Waals surface area contributed by atoms with Crippen molar-refractivity contribution in [1.29, 1.82) is 0 Å². The molecule has 4 rings (SSSR count). The van der Waals surface area contributed by atoms with E-state index in [9.17, 15) is 13.2 Å². The Kier molecular flexibility index (Phi) is 6.34. The van der Waals surface area contributed by atoms with E-state index in [-0.39, 0.29) is 10.8 Å². The average Bonchev–Trinajstić information content (AvgIpc) is 2.79. The van der Waals surface area contributed by atoms with Crippen molar-refractivity contribution < 1.29 is 13.2 Å². The number of nitrogens with zero attached hydrogens (tertiary/aromatic N) is 3. The molecule has 1 amide bonds. The topological polar surface area (TPSA) is 60.9 Å². The number of para-hydroxylation sites is 1. The van der Waals surface area contributed by atoms with E-state index in [0.717, 1.165) is 25.9 Å². The molecule has 2 heterocycles. The van der Waals surface area contributed by atoms with Gasteiger partial charge in [0.25, 0.3) is 5.91 Å². The standard InChI is InChI=1S/C24H31N3O3S/c1-19-7-6-12-27(18-19)31(29,30)22-10-5-9-21(17-22)24(28)26-15-13-25(14-16-26)23-11-4-3-8-20(23)2/h3-5,8-11,17,19H,6-7,12-16,18H2,1-2H3/t19-/m0/s1. The van der Waals surface area contributed by atoms with Gasteiger partial charge in [0.15, 0.2) is 0 Å². The first-order chi connectivity index (χ1) is 14.9. The quantitative estimate of drug-likeness (QED) is 0.730. The van der Waals surface area contributed by atoms with Gasteiger partial charge in [0.05, 0.1) is 4.90 Å². The lowest BCUT2D eigenvalue weighted by Gasteiger charge is -2.37. The van der Waals surface area contributed by atoms with E-state index in [2.05, 4.69) is 30.9 Å². The molecule has 0 aliphatic carbocycles. The second-order valence-corrected chi connectivity index (χ2v) is 10.6. The number of aryl methyl sites for hydroxylation is 1. The molecular weight excluding hydrogens is 410 g/mol. The van der Waals surface area contributed by atoms with Gasteiger partial charge in [0.1, 0.15) is 0 Å². The minimum Gasteiger partial charge on any atom is -0.368 e. The highest BCUT2D eigenvalue weighted by Gasteiger charge is 2.30. The first-order valence-electron chi connectivity index (χ1n) is 11.1. The van der Waals surface area contributed by atoms with Crippen molar-refractivity contribution in [3.63, 3.8) is 0 Å². The number of amides is 1. The van der Waals surface area contributed by atoms with E-state index in [1.54, 1.807) is 28.6 Å². The summed E-state index contributed by atoms with van der Waals surface area (Å²) in [7, 11) is -3.58. The third-order valence-electron chi connectivity index (χ3n) is 6.36. The normalized spacial score (nSPS) is 20.6. The molecule has 0 aromatic heterocycles. The Labute approximate surface area is 185 Å². The summed E-state index contributed by atoms with van der Waals surface area (Å²) < 4.78 is 27.8. The highest BCUT2D eigenvalue weighted by molar-refractivity contribution is 7.89. The maximum absolute atomic E-state index is 13.1. The Morgan fingerprint density at radius 3 is 2.42 bits per heavy atom. The molecule has 2 aliphatic heterocycles. The van der Waals surface area contributed by atoms with Gasteiger partial charge < -0.3 is 9.80 Å². The smallest absolute Gasteiger partial charge is 0.254 e. The molecular formula is C24H31N3O3S. The molecule has 2 aromatic carbocycles. The molecule has 2 aliphatic rings. The third-order valence-corrected chi connectivity index (χ3v) is 8.22. The van der Waals surface area contributed by atoms with E-state index in [1.807, 2.05) is 17.0 Å². The SMILES string of the molecule is Cc1ccccc1N1CCN(C(=O)c2cccc(S(=O)(=O)N3CCC[C@H](C)C3)c2)CC1. The van der Waals surface area contributed by atoms with Crippen LogP contribution in [-0.2, 0) is 10.0 Å². The number of hydrogen-bond donors (Lipinski definition) is 0. The lowest BCUT2D eigenvalue weighted by atomic mass is 10.0. The number of piperidine rings is 1. The van der Waals surface area contributed by atoms with Crippen LogP contribution in [-0.4, -0.2) is 62.8 Å². The van der Waals surface area contributed by atoms with Crippen LogP contribution in [0, 0.1) is 12.8 Å². The number of carbonyl (C=O) groups is 1. The van der Waals surface area contributed by atoms with Crippen LogP contribution in [0.5, 0.6) is 0 Å². The van der Waals surface area contributed by atoms with E-state index in [4.69, 9.17) is 0 Å². The van der Waals surface area contributed by atoms with Gasteiger partial charge in [0.2, 0.25) is 10.0 Å². The van der Waals surface area contributed by atoms with Crippen molar-refractivity contribution in [3.8, 4) is 0 Å². The maximum atomic E-state index is 13.1. The third kappa shape index (κ3) is 4.62. The van der Waals surface area contributed by atoms with Gasteiger partial charge in [-0.15, -0.1) is 0 Å². The molecule has 0 bridgehead atoms. The van der Waals surface area contributed by atoms with Crippen molar-refractivity contribution in [2.45, 2.75) is 31.6 Å². The fourth-order valence-electron chi connectivity index (χ4n) is 4.55. The molecule has 0 radical (unpaired) electrons. The van der Waals surface area contributed by atoms with E-state index < -0.39 is 10.0 Å². The molecule has 2 saturated heterocycles. The zero-order chi connectivity index (χ0) is 22.0. The van der Waals surface area contributed by atoms with Crippen LogP contribution < -0.4 is 4.90 Å². The fraction of sp³-hybridized carbons (Fsp3) is 0.458. The number of piperazine rings is 1. The second-order valence-electron chi connectivity index (χ2n) is 8.70. The maximum Gasteiger partial charge on any atom is 0.254 e. The minimum atomic E-state index is -3.58. The van der Waals surface area contributed by atoms with Gasteiger partial charge in [-0.2, -0.15) is 4.31 Å². The molecule has 6 nitrogen and oxygen atoms in total. The second kappa shape index (κ2) is 9.01. The lowest BCUT2D eigenvalue weighted by Crippen LogP contribution is -2.49. The van der Waals surface area contributed by atoms with Gasteiger partial charge in [-0.05, 0) is 55.5 Å². The number of sulfonamides is 1. The molecule has 1 atom stereocenters. The summed E-state index contributed by atoms with van der Waals surface area (Å²) in [6.07, 6.45) is 1.93. The zero-order valence-electron chi connectivity index (χ0n) is 18.3. The summed E-state index contributed by atoms with van der Waals surface area (Å²) >= 11 is 0. The summed E-state index contributed by atoms with van der Waals surface area (Å²) in [6.45, 7) is 8.04. The van der Waals surface area contributed by atoms with Crippen LogP contribution in [0.4, 0.5) is 5.69 Å². The average molecular weight is 442 g/mol. The first kappa shape index (κ1) is 21.8. The van der Waals surface area contributed by atoms with Crippen molar-refractivity contribution >= 4 is 21.6 Å². The Hall–Kier alpha value is -2.38. The van der Waals surface area contributed by atoms with Crippen LogP contribution in [0.25, 0.3) is 0 Å². The fourth-order valence-corrected chi connectivity index (χ4v) is 6.20. The van der Waals surface area contributed by atoms with E-state index >= 15 is 0 Å². The summed E-state index contributed by atoms with van der Waals surface area (Å²) in [5, 5.41) is 0. The summed E-state index contributed by atoms with van der Waals surface area (Å²) in [5.41, 5.74) is 2.88. The van der Waals surface area contributed by atoms with Crippen molar-refractivity contribution in [2.24, 2.45) is 5.92 Å². The van der Waals surface area contributed by atoms with Gasteiger partial charge in [0, 0.05) is 50.5 Å². The van der Waals surface area contributed by atoms with Crippen molar-refractivity contribution in [1.82, 2.24) is 9.21 Å². The molecule has 0 saturated carbocycles. The van der Waals surface area contributed by atoms with Crippen LogP contribution in [0.3, 0.4) is 0 Å². The molecule has 0 N–H and O–H groups in total. The Morgan fingerprint density at radius 1 is 0.968 bits per heavy atom. The molecule has 2 aromatic rings. The highest BCUT2D eigenvalue weighted by atomic mass is 32.2. The summed E-state index contributed by atoms with van der Waals surface area (Å²) in [5.74, 6) is 0.256. The monoisotopic (exact) mass is 441 g/mol. The van der Waals surface area contributed by atoms with Crippen LogP contribution in [0.2, 0.25) is 0 Å². The summed E-state index contributed by atoms with van der Waals surface area (Å²) in [6, 6.07) is 14.8. The minimum absolute atomic E-state index is 0.103. The molecule has 0 unspecified atom stereocenters. The van der Waals surface area contributed by atoms with Gasteiger partial charge >= 0.3 is 0 Å². The molecule has 0 spiro atoms. The lowest BCUT2D eigenvalue weighted by molar-refractivity contribution is 0.0746. The number of hydrogen-bond acceptors (Lipinski definition) is 4. The zero-order valence-corrected chi connectivity index (χ0v) is 19.1. The van der Waals surface area contributed by atoms with E-state index in [1.165, 1.54) is 11.3 Å². The Balaban J connectivity index is 1.46. The van der Waals surface area contributed by atoms with Crippen molar-refractivity contribution in [2.75, 3.05) is 44.2 Å². The molecule has 2 fully saturated rings. The van der Waals surface area contributed by atoms with Gasteiger partial charge in [-0.1, -0.05) is 31.2 Å².